The van der Waals surface area contributed by atoms with Gasteiger partial charge in [-0.2, -0.15) is 0 Å². The number of carbonyl (C=O) groups is 1. The Kier molecular flexibility index (Phi) is 4.27. The lowest BCUT2D eigenvalue weighted by atomic mass is 10.0. The van der Waals surface area contributed by atoms with E-state index in [0.29, 0.717) is 0 Å². The number of carbonyl (C=O) groups excluding carboxylic acids is 1. The van der Waals surface area contributed by atoms with Crippen LogP contribution in [0.3, 0.4) is 0 Å². The van der Waals surface area contributed by atoms with Gasteiger partial charge in [0.05, 0.1) is 0 Å². The highest BCUT2D eigenvalue weighted by Gasteiger charge is 2.04. The van der Waals surface area contributed by atoms with Crippen LogP contribution < -0.4 is 0 Å². The van der Waals surface area contributed by atoms with Crippen molar-refractivity contribution in [3.63, 3.8) is 0 Å². The number of hydrogen-bond donors (Lipinski definition) is 0. The van der Waals surface area contributed by atoms with Crippen LogP contribution in [0.2, 0.25) is 0 Å². The van der Waals surface area contributed by atoms with Gasteiger partial charge in [-0.3, -0.25) is 4.79 Å². The van der Waals surface area contributed by atoms with E-state index >= 15 is 0 Å². The molecule has 0 aliphatic heterocycles. The zero-order chi connectivity index (χ0) is 9.72. The number of Topliss-reactive ketones (excluding diaryl/α,β-unsaturated/α-hetero) is 1. The van der Waals surface area contributed by atoms with Gasteiger partial charge in [-0.25, -0.2) is 0 Å². The van der Waals surface area contributed by atoms with Gasteiger partial charge in [0.2, 0.25) is 0 Å². The third-order valence-corrected chi connectivity index (χ3v) is 1.63. The van der Waals surface area contributed by atoms with Gasteiger partial charge < -0.3 is 0 Å². The quantitative estimate of drug-likeness (QED) is 0.463. The zero-order valence-corrected chi connectivity index (χ0v) is 8.27. The Labute approximate surface area is 74.5 Å². The molecule has 12 heavy (non-hydrogen) atoms. The molecule has 0 aliphatic carbocycles. The van der Waals surface area contributed by atoms with E-state index in [2.05, 4.69) is 6.58 Å². The first kappa shape index (κ1) is 10.9. The van der Waals surface area contributed by atoms with Gasteiger partial charge in [-0.05, 0) is 39.3 Å². The molecule has 0 unspecified atom stereocenters. The molecule has 1 nitrogen and oxygen atoms in total. The second-order valence-corrected chi connectivity index (χ2v) is 2.93. The third-order valence-electron chi connectivity index (χ3n) is 1.63. The average molecular weight is 164 g/mol. The fraction of sp³-hybridized carbons (Fsp3) is 0.364. The first-order valence-electron chi connectivity index (χ1n) is 4.00. The molecule has 0 aromatic carbocycles. The summed E-state index contributed by atoms with van der Waals surface area (Å²) in [5.74, 6) is 0.0913. The molecule has 0 heterocycles. The summed E-state index contributed by atoms with van der Waals surface area (Å²) in [5, 5.41) is 0. The molecule has 0 amide bonds. The summed E-state index contributed by atoms with van der Waals surface area (Å²) in [5.41, 5.74) is 2.66. The van der Waals surface area contributed by atoms with Crippen molar-refractivity contribution in [1.82, 2.24) is 0 Å². The molecule has 0 aromatic heterocycles. The summed E-state index contributed by atoms with van der Waals surface area (Å²) in [6.45, 7) is 11.0. The Bertz CT molecular complexity index is 254. The molecule has 0 radical (unpaired) electrons. The van der Waals surface area contributed by atoms with Crippen LogP contribution >= 0.6 is 0 Å². The summed E-state index contributed by atoms with van der Waals surface area (Å²) in [7, 11) is 0. The lowest BCUT2D eigenvalue weighted by molar-refractivity contribution is -0.113. The van der Waals surface area contributed by atoms with Crippen molar-refractivity contribution >= 4 is 5.78 Å². The Morgan fingerprint density at radius 2 is 1.75 bits per heavy atom. The number of ketones is 1. The number of rotatable bonds is 3. The molecule has 0 aromatic rings. The van der Waals surface area contributed by atoms with Crippen molar-refractivity contribution in [1.29, 1.82) is 0 Å². The standard InChI is InChI=1S/C11H16O/c1-6-9(4)11(10(5)12)7-8(2)3/h6-7H,2H2,1,3-5H3/b9-6-,11-7+. The predicted octanol–water partition coefficient (Wildman–Crippen LogP) is 3.04. The topological polar surface area (TPSA) is 17.1 Å². The fourth-order valence-corrected chi connectivity index (χ4v) is 0.895. The summed E-state index contributed by atoms with van der Waals surface area (Å²) in [4.78, 5) is 11.1. The van der Waals surface area contributed by atoms with Crippen molar-refractivity contribution in [2.45, 2.75) is 27.7 Å². The molecule has 0 fully saturated rings. The maximum absolute atomic E-state index is 11.1. The second-order valence-electron chi connectivity index (χ2n) is 2.93. The van der Waals surface area contributed by atoms with Crippen LogP contribution in [0.5, 0.6) is 0 Å². The molecule has 0 rings (SSSR count). The lowest BCUT2D eigenvalue weighted by Gasteiger charge is -2.02. The van der Waals surface area contributed by atoms with E-state index in [-0.39, 0.29) is 5.78 Å². The van der Waals surface area contributed by atoms with Crippen molar-refractivity contribution in [2.24, 2.45) is 0 Å². The normalized spacial score (nSPS) is 13.0. The summed E-state index contributed by atoms with van der Waals surface area (Å²) < 4.78 is 0. The van der Waals surface area contributed by atoms with Gasteiger partial charge in [0.1, 0.15) is 0 Å². The number of allylic oxidation sites excluding steroid dienone is 5. The highest BCUT2D eigenvalue weighted by Crippen LogP contribution is 2.12. The highest BCUT2D eigenvalue weighted by atomic mass is 16.1. The fourth-order valence-electron chi connectivity index (χ4n) is 0.895. The first-order valence-corrected chi connectivity index (χ1v) is 4.00. The second kappa shape index (κ2) is 4.70. The zero-order valence-electron chi connectivity index (χ0n) is 8.27. The molecule has 1 heteroatoms. The van der Waals surface area contributed by atoms with Crippen molar-refractivity contribution in [3.05, 3.63) is 35.5 Å². The SMILES string of the molecule is C=C(C)/C=C(C(C)=O)\C(C)=C/C. The predicted molar refractivity (Wildman–Crippen MR) is 53.0 cm³/mol. The van der Waals surface area contributed by atoms with Gasteiger partial charge in [-0.1, -0.05) is 18.2 Å². The van der Waals surface area contributed by atoms with E-state index in [9.17, 15) is 4.79 Å². The summed E-state index contributed by atoms with van der Waals surface area (Å²) >= 11 is 0. The maximum atomic E-state index is 11.1. The van der Waals surface area contributed by atoms with Crippen molar-refractivity contribution in [3.8, 4) is 0 Å². The number of hydrogen-bond acceptors (Lipinski definition) is 1. The lowest BCUT2D eigenvalue weighted by Crippen LogP contribution is -1.98. The smallest absolute Gasteiger partial charge is 0.160 e. The Morgan fingerprint density at radius 3 is 2.00 bits per heavy atom. The molecule has 0 bridgehead atoms. The van der Waals surface area contributed by atoms with Gasteiger partial charge in [0.15, 0.2) is 5.78 Å². The van der Waals surface area contributed by atoms with Crippen molar-refractivity contribution < 1.29 is 4.79 Å². The Balaban J connectivity index is 4.93. The highest BCUT2D eigenvalue weighted by molar-refractivity contribution is 5.97. The average Bonchev–Trinajstić information content (AvgIpc) is 1.98. The monoisotopic (exact) mass is 164 g/mol. The molecule has 0 atom stereocenters. The van der Waals surface area contributed by atoms with Gasteiger partial charge >= 0.3 is 0 Å². The summed E-state index contributed by atoms with van der Waals surface area (Å²) in [6.07, 6.45) is 3.74. The largest absolute Gasteiger partial charge is 0.295 e. The van der Waals surface area contributed by atoms with Crippen LogP contribution in [-0.2, 0) is 4.79 Å². The van der Waals surface area contributed by atoms with E-state index in [1.54, 1.807) is 6.92 Å². The van der Waals surface area contributed by atoms with E-state index in [1.165, 1.54) is 0 Å². The van der Waals surface area contributed by atoms with Gasteiger partial charge in [-0.15, -0.1) is 0 Å². The third kappa shape index (κ3) is 3.33. The molecule has 66 valence electrons. The Morgan fingerprint density at radius 1 is 1.25 bits per heavy atom. The van der Waals surface area contributed by atoms with Gasteiger partial charge in [0.25, 0.3) is 0 Å². The van der Waals surface area contributed by atoms with Crippen LogP contribution in [0.15, 0.2) is 35.5 Å². The molecule has 0 N–H and O–H groups in total. The van der Waals surface area contributed by atoms with Crippen LogP contribution in [0, 0.1) is 0 Å². The van der Waals surface area contributed by atoms with Crippen LogP contribution in [-0.4, -0.2) is 5.78 Å². The van der Waals surface area contributed by atoms with Crippen LogP contribution in [0.25, 0.3) is 0 Å². The molecule has 0 saturated carbocycles. The Hall–Kier alpha value is -1.11. The minimum absolute atomic E-state index is 0.0913. The van der Waals surface area contributed by atoms with E-state index in [1.807, 2.05) is 32.9 Å². The van der Waals surface area contributed by atoms with Crippen LogP contribution in [0.4, 0.5) is 0 Å². The first-order chi connectivity index (χ1) is 5.49. The molecular formula is C11H16O. The molecule has 0 saturated heterocycles. The molecule has 0 aliphatic rings. The van der Waals surface area contributed by atoms with Crippen molar-refractivity contribution in [2.75, 3.05) is 0 Å². The molecule has 0 spiro atoms. The minimum atomic E-state index is 0.0913. The summed E-state index contributed by atoms with van der Waals surface area (Å²) in [6, 6.07) is 0. The van der Waals surface area contributed by atoms with E-state index in [4.69, 9.17) is 0 Å². The van der Waals surface area contributed by atoms with Gasteiger partial charge in [0, 0.05) is 5.57 Å². The minimum Gasteiger partial charge on any atom is -0.295 e. The molecular weight excluding hydrogens is 148 g/mol. The van der Waals surface area contributed by atoms with E-state index in [0.717, 1.165) is 16.7 Å². The van der Waals surface area contributed by atoms with Crippen LogP contribution in [0.1, 0.15) is 27.7 Å². The van der Waals surface area contributed by atoms with E-state index < -0.39 is 0 Å². The maximum Gasteiger partial charge on any atom is 0.160 e.